The summed E-state index contributed by atoms with van der Waals surface area (Å²) in [6.45, 7) is 12.3. The fourth-order valence-corrected chi connectivity index (χ4v) is 11.3. The summed E-state index contributed by atoms with van der Waals surface area (Å²) in [5.74, 6) is 3.78. The highest BCUT2D eigenvalue weighted by atomic mass is 16.6. The van der Waals surface area contributed by atoms with Gasteiger partial charge in [0.2, 0.25) is 11.9 Å². The highest BCUT2D eigenvalue weighted by Crippen LogP contribution is 2.45. The topological polar surface area (TPSA) is 155 Å². The second kappa shape index (κ2) is 43.8. The van der Waals surface area contributed by atoms with Crippen molar-refractivity contribution >= 4 is 17.9 Å². The van der Waals surface area contributed by atoms with Crippen molar-refractivity contribution in [3.8, 4) is 40.4 Å². The molecule has 0 spiro atoms. The largest absolute Gasteiger partial charge is 0.496 e. The quantitative estimate of drug-likeness (QED) is 0.0404. The molecule has 1 heterocycles. The Balaban J connectivity index is 0.948. The highest BCUT2D eigenvalue weighted by molar-refractivity contribution is 5.80. The van der Waals surface area contributed by atoms with Crippen LogP contribution in [0, 0.1) is 11.8 Å². The van der Waals surface area contributed by atoms with E-state index in [1.54, 1.807) is 33.4 Å². The molecule has 2 amide bonds. The molecule has 0 saturated heterocycles. The highest BCUT2D eigenvalue weighted by Gasteiger charge is 2.32. The third-order valence-electron chi connectivity index (χ3n) is 16.5. The van der Waals surface area contributed by atoms with Crippen LogP contribution in [0.4, 0.5) is 10.7 Å². The van der Waals surface area contributed by atoms with Crippen LogP contribution in [-0.4, -0.2) is 86.0 Å². The van der Waals surface area contributed by atoms with Crippen LogP contribution in [0.3, 0.4) is 0 Å². The first kappa shape index (κ1) is 71.0. The number of fused-ring (bicyclic) bond motifs is 3. The maximum absolute atomic E-state index is 13.6. The van der Waals surface area contributed by atoms with E-state index < -0.39 is 12.2 Å². The number of rotatable bonds is 51. The first-order valence-electron chi connectivity index (χ1n) is 34.1. The maximum Gasteiger partial charge on any atom is 0.410 e. The molecule has 1 aliphatic carbocycles. The van der Waals surface area contributed by atoms with Gasteiger partial charge in [0.1, 0.15) is 17.2 Å². The van der Waals surface area contributed by atoms with Crippen LogP contribution < -0.4 is 34.3 Å². The number of carbonyl (C=O) groups is 2. The van der Waals surface area contributed by atoms with E-state index in [4.69, 9.17) is 28.4 Å². The van der Waals surface area contributed by atoms with Gasteiger partial charge in [-0.2, -0.15) is 9.97 Å². The summed E-state index contributed by atoms with van der Waals surface area (Å²) >= 11 is 0. The molecule has 1 aliphatic rings. The lowest BCUT2D eigenvalue weighted by Gasteiger charge is -2.23. The molecule has 5 rings (SSSR count). The molecule has 4 aromatic rings. The SMILES string of the molecule is COc1cc(OCCCCC(=O)NCCCCNc2nc(OCCCCCCCCCCCCCCCC(C)C)nc(OCCCCCCCCCCCCCCCC(C)C)n2)cc(OC)c1CN(C)C(=O)OC1c2ccccc2-c2ccccc21. The zero-order valence-electron chi connectivity index (χ0n) is 54.6. The molecule has 1 aromatic heterocycles. The second-order valence-corrected chi connectivity index (χ2v) is 24.9. The van der Waals surface area contributed by atoms with E-state index in [1.165, 1.54) is 159 Å². The lowest BCUT2D eigenvalue weighted by atomic mass is 10.0. The van der Waals surface area contributed by atoms with Crippen LogP contribution >= 0.6 is 0 Å². The standard InChI is InChI=1S/C72H114N6O8/c1-57(2)42-30-26-22-18-14-10-8-12-16-20-24-28-39-52-84-70-75-69(76-71(77-70)85-53-40-29-25-21-17-13-9-11-15-19-23-27-31-43-58(3)4)74-50-38-37-49-73-67(79)48-36-41-51-83-59-54-65(81-6)64(66(55-59)82-7)56-78(5)72(80)86-68-62-46-34-32-44-60(62)61-45-33-35-47-63(61)68/h32-35,44-47,54-55,57-58,68H,8-31,36-43,48-53,56H2,1-7H3,(H,73,79)(H,74,75,76,77). The van der Waals surface area contributed by atoms with Crippen molar-refractivity contribution in [3.05, 3.63) is 77.4 Å². The van der Waals surface area contributed by atoms with Gasteiger partial charge in [0, 0.05) is 49.8 Å². The van der Waals surface area contributed by atoms with Crippen molar-refractivity contribution < 1.29 is 38.0 Å². The number of anilines is 1. The average molecular weight is 1190 g/mol. The molecule has 0 atom stereocenters. The Hall–Kier alpha value is -5.79. The summed E-state index contributed by atoms with van der Waals surface area (Å²) in [7, 11) is 4.86. The van der Waals surface area contributed by atoms with Crippen LogP contribution in [0.5, 0.6) is 29.3 Å². The molecule has 86 heavy (non-hydrogen) atoms. The summed E-state index contributed by atoms with van der Waals surface area (Å²) in [6.07, 6.45) is 39.3. The van der Waals surface area contributed by atoms with Crippen molar-refractivity contribution in [2.75, 3.05) is 59.5 Å². The van der Waals surface area contributed by atoms with Gasteiger partial charge in [0.25, 0.3) is 0 Å². The zero-order valence-corrected chi connectivity index (χ0v) is 54.6. The summed E-state index contributed by atoms with van der Waals surface area (Å²) < 4.78 is 36.0. The van der Waals surface area contributed by atoms with Gasteiger partial charge in [-0.05, 0) is 61.5 Å². The number of amides is 2. The Morgan fingerprint density at radius 3 is 1.36 bits per heavy atom. The van der Waals surface area contributed by atoms with Crippen molar-refractivity contribution in [2.24, 2.45) is 11.8 Å². The third kappa shape index (κ3) is 28.8. The van der Waals surface area contributed by atoms with Gasteiger partial charge in [-0.1, -0.05) is 243 Å². The first-order valence-corrected chi connectivity index (χ1v) is 34.1. The van der Waals surface area contributed by atoms with Crippen LogP contribution in [0.15, 0.2) is 60.7 Å². The molecule has 480 valence electrons. The summed E-state index contributed by atoms with van der Waals surface area (Å²) in [5.41, 5.74) is 4.77. The van der Waals surface area contributed by atoms with Gasteiger partial charge in [-0.15, -0.1) is 4.98 Å². The summed E-state index contributed by atoms with van der Waals surface area (Å²) in [4.78, 5) is 41.6. The number of nitrogens with zero attached hydrogens (tertiary/aromatic N) is 4. The van der Waals surface area contributed by atoms with Gasteiger partial charge in [-0.25, -0.2) is 4.79 Å². The predicted molar refractivity (Wildman–Crippen MR) is 351 cm³/mol. The number of hydrogen-bond acceptors (Lipinski definition) is 12. The molecule has 3 aromatic carbocycles. The first-order chi connectivity index (χ1) is 42.1. The number of aromatic nitrogens is 3. The average Bonchev–Trinajstić information content (AvgIpc) is 1.76. The molecule has 14 nitrogen and oxygen atoms in total. The van der Waals surface area contributed by atoms with Gasteiger partial charge < -0.3 is 44.0 Å². The molecule has 2 N–H and O–H groups in total. The Bertz CT molecular complexity index is 2320. The predicted octanol–water partition coefficient (Wildman–Crippen LogP) is 18.8. The number of methoxy groups -OCH3 is 2. The van der Waals surface area contributed by atoms with E-state index in [2.05, 4.69) is 65.4 Å². The number of hydrogen-bond donors (Lipinski definition) is 2. The van der Waals surface area contributed by atoms with E-state index in [0.717, 1.165) is 72.6 Å². The smallest absolute Gasteiger partial charge is 0.410 e. The molecule has 14 heteroatoms. The molecule has 0 aliphatic heterocycles. The Labute approximate surface area is 520 Å². The number of ether oxygens (including phenoxy) is 6. The minimum Gasteiger partial charge on any atom is -0.496 e. The molecular formula is C72H114N6O8. The van der Waals surface area contributed by atoms with E-state index in [0.29, 0.717) is 93.0 Å². The van der Waals surface area contributed by atoms with E-state index >= 15 is 0 Å². The van der Waals surface area contributed by atoms with Gasteiger partial charge in [0.15, 0.2) is 6.10 Å². The van der Waals surface area contributed by atoms with Gasteiger partial charge in [-0.3, -0.25) is 4.79 Å². The fourth-order valence-electron chi connectivity index (χ4n) is 11.3. The Kier molecular flexibility index (Phi) is 36.1. The normalized spacial score (nSPS) is 11.9. The molecule has 0 unspecified atom stereocenters. The Morgan fingerprint density at radius 2 is 0.907 bits per heavy atom. The van der Waals surface area contributed by atoms with Crippen molar-refractivity contribution in [1.82, 2.24) is 25.2 Å². The van der Waals surface area contributed by atoms with Crippen LogP contribution in [-0.2, 0) is 16.1 Å². The van der Waals surface area contributed by atoms with E-state index in [1.807, 2.05) is 36.4 Å². The number of benzene rings is 3. The molecule has 0 radical (unpaired) electrons. The lowest BCUT2D eigenvalue weighted by molar-refractivity contribution is -0.121. The van der Waals surface area contributed by atoms with Crippen LogP contribution in [0.2, 0.25) is 0 Å². The van der Waals surface area contributed by atoms with E-state index in [-0.39, 0.29) is 12.5 Å². The zero-order chi connectivity index (χ0) is 61.2. The van der Waals surface area contributed by atoms with Crippen molar-refractivity contribution in [3.63, 3.8) is 0 Å². The number of carbonyl (C=O) groups excluding carboxylic acids is 2. The third-order valence-corrected chi connectivity index (χ3v) is 16.5. The minimum absolute atomic E-state index is 0.0171. The van der Waals surface area contributed by atoms with Gasteiger partial charge in [0.05, 0.1) is 46.1 Å². The minimum atomic E-state index is -0.498. The maximum atomic E-state index is 13.6. The monoisotopic (exact) mass is 1190 g/mol. The van der Waals surface area contributed by atoms with Gasteiger partial charge >= 0.3 is 18.1 Å². The van der Waals surface area contributed by atoms with Crippen LogP contribution in [0.1, 0.15) is 262 Å². The van der Waals surface area contributed by atoms with Crippen molar-refractivity contribution in [2.45, 2.75) is 252 Å². The lowest BCUT2D eigenvalue weighted by Crippen LogP contribution is -2.28. The summed E-state index contributed by atoms with van der Waals surface area (Å²) in [5, 5.41) is 6.42. The van der Waals surface area contributed by atoms with Crippen LogP contribution in [0.25, 0.3) is 11.1 Å². The van der Waals surface area contributed by atoms with E-state index in [9.17, 15) is 9.59 Å². The Morgan fingerprint density at radius 1 is 0.500 bits per heavy atom. The second-order valence-electron chi connectivity index (χ2n) is 24.9. The fraction of sp³-hybridized carbons (Fsp3) is 0.681. The number of unbranched alkanes of at least 4 members (excludes halogenated alkanes) is 26. The molecule has 0 saturated carbocycles. The molecular weight excluding hydrogens is 1080 g/mol. The van der Waals surface area contributed by atoms with Crippen molar-refractivity contribution in [1.29, 1.82) is 0 Å². The number of nitrogens with one attached hydrogen (secondary N) is 2. The molecule has 0 bridgehead atoms. The summed E-state index contributed by atoms with van der Waals surface area (Å²) in [6, 6.07) is 20.3. The molecule has 0 fully saturated rings.